The highest BCUT2D eigenvalue weighted by Crippen LogP contribution is 2.27. The predicted octanol–water partition coefficient (Wildman–Crippen LogP) is 2.82. The number of halogens is 1. The lowest BCUT2D eigenvalue weighted by atomic mass is 10.3. The lowest BCUT2D eigenvalue weighted by molar-refractivity contribution is 0.241. The summed E-state index contributed by atoms with van der Waals surface area (Å²) >= 11 is 3.38. The van der Waals surface area contributed by atoms with E-state index in [1.165, 1.54) is 0 Å². The zero-order valence-corrected chi connectivity index (χ0v) is 8.76. The number of hydrogen-bond donors (Lipinski definition) is 1. The maximum absolute atomic E-state index is 5.60. The van der Waals surface area contributed by atoms with Crippen LogP contribution in [0.2, 0.25) is 0 Å². The molecule has 0 saturated heterocycles. The quantitative estimate of drug-likeness (QED) is 0.793. The molecular formula is C9H12BrNO. The third-order valence-corrected chi connectivity index (χ3v) is 1.97. The van der Waals surface area contributed by atoms with Crippen LogP contribution in [-0.2, 0) is 0 Å². The monoisotopic (exact) mass is 229 g/mol. The van der Waals surface area contributed by atoms with Crippen LogP contribution in [0, 0.1) is 0 Å². The first kappa shape index (κ1) is 9.39. The maximum Gasteiger partial charge on any atom is 0.135 e. The fourth-order valence-corrected chi connectivity index (χ4v) is 1.20. The molecule has 0 amide bonds. The normalized spacial score (nSPS) is 10.3. The zero-order valence-electron chi connectivity index (χ0n) is 7.17. The number of nitrogen functional groups attached to an aromatic ring is 1. The molecule has 0 spiro atoms. The first-order valence-electron chi connectivity index (χ1n) is 3.81. The summed E-state index contributed by atoms with van der Waals surface area (Å²) in [6.07, 6.45) is 0.170. The van der Waals surface area contributed by atoms with Crippen molar-refractivity contribution < 1.29 is 4.74 Å². The molecule has 0 heterocycles. The Morgan fingerprint density at radius 1 is 1.42 bits per heavy atom. The molecule has 2 nitrogen and oxygen atoms in total. The van der Waals surface area contributed by atoms with Crippen molar-refractivity contribution >= 4 is 21.6 Å². The minimum Gasteiger partial charge on any atom is -0.490 e. The van der Waals surface area contributed by atoms with E-state index in [9.17, 15) is 0 Å². The lowest BCUT2D eigenvalue weighted by Crippen LogP contribution is -2.06. The molecule has 1 aromatic rings. The summed E-state index contributed by atoms with van der Waals surface area (Å²) in [5, 5.41) is 0. The molecule has 3 heteroatoms. The highest BCUT2D eigenvalue weighted by molar-refractivity contribution is 9.10. The third kappa shape index (κ3) is 2.41. The fraction of sp³-hybridized carbons (Fsp3) is 0.333. The van der Waals surface area contributed by atoms with Crippen molar-refractivity contribution in [1.29, 1.82) is 0 Å². The molecule has 2 N–H and O–H groups in total. The van der Waals surface area contributed by atoms with Crippen LogP contribution in [0.3, 0.4) is 0 Å². The molecule has 0 aromatic heterocycles. The first-order valence-corrected chi connectivity index (χ1v) is 4.60. The summed E-state index contributed by atoms with van der Waals surface area (Å²) in [5.41, 5.74) is 6.32. The number of benzene rings is 1. The summed E-state index contributed by atoms with van der Waals surface area (Å²) in [6, 6.07) is 5.52. The Bertz CT molecular complexity index is 273. The standard InChI is InChI=1S/C9H12BrNO/c1-6(2)12-9-5-7(11)3-4-8(9)10/h3-6H,11H2,1-2H3. The molecule has 0 aliphatic rings. The second-order valence-electron chi connectivity index (χ2n) is 2.86. The number of hydrogen-bond acceptors (Lipinski definition) is 2. The predicted molar refractivity (Wildman–Crippen MR) is 54.3 cm³/mol. The van der Waals surface area contributed by atoms with Crippen molar-refractivity contribution in [3.05, 3.63) is 22.7 Å². The largest absolute Gasteiger partial charge is 0.490 e. The lowest BCUT2D eigenvalue weighted by Gasteiger charge is -2.11. The van der Waals surface area contributed by atoms with Crippen LogP contribution in [-0.4, -0.2) is 6.10 Å². The van der Waals surface area contributed by atoms with Crippen molar-refractivity contribution in [2.75, 3.05) is 5.73 Å². The van der Waals surface area contributed by atoms with Gasteiger partial charge in [-0.25, -0.2) is 0 Å². The summed E-state index contributed by atoms with van der Waals surface area (Å²) in [7, 11) is 0. The Morgan fingerprint density at radius 2 is 2.08 bits per heavy atom. The second kappa shape index (κ2) is 3.81. The SMILES string of the molecule is CC(C)Oc1cc(N)ccc1Br. The second-order valence-corrected chi connectivity index (χ2v) is 3.71. The van der Waals surface area contributed by atoms with Gasteiger partial charge < -0.3 is 10.5 Å². The van der Waals surface area contributed by atoms with Gasteiger partial charge in [0.05, 0.1) is 10.6 Å². The molecule has 0 atom stereocenters. The number of nitrogens with two attached hydrogens (primary N) is 1. The molecule has 0 radical (unpaired) electrons. The number of anilines is 1. The molecule has 0 fully saturated rings. The molecule has 0 saturated carbocycles. The number of rotatable bonds is 2. The van der Waals surface area contributed by atoms with E-state index in [1.54, 1.807) is 0 Å². The smallest absolute Gasteiger partial charge is 0.135 e. The van der Waals surface area contributed by atoms with Crippen molar-refractivity contribution in [2.24, 2.45) is 0 Å². The molecule has 12 heavy (non-hydrogen) atoms. The van der Waals surface area contributed by atoms with E-state index in [0.29, 0.717) is 5.69 Å². The van der Waals surface area contributed by atoms with Gasteiger partial charge in [-0.2, -0.15) is 0 Å². The van der Waals surface area contributed by atoms with Crippen LogP contribution in [0.5, 0.6) is 5.75 Å². The number of ether oxygens (including phenoxy) is 1. The minimum absolute atomic E-state index is 0.170. The Hall–Kier alpha value is -0.700. The van der Waals surface area contributed by atoms with E-state index in [1.807, 2.05) is 32.0 Å². The maximum atomic E-state index is 5.60. The van der Waals surface area contributed by atoms with E-state index >= 15 is 0 Å². The van der Waals surface area contributed by atoms with Crippen LogP contribution >= 0.6 is 15.9 Å². The first-order chi connectivity index (χ1) is 5.59. The van der Waals surface area contributed by atoms with Crippen LogP contribution in [0.25, 0.3) is 0 Å². The van der Waals surface area contributed by atoms with Gasteiger partial charge in [-0.1, -0.05) is 0 Å². The summed E-state index contributed by atoms with van der Waals surface area (Å²) in [5.74, 6) is 0.796. The van der Waals surface area contributed by atoms with Crippen molar-refractivity contribution in [2.45, 2.75) is 20.0 Å². The van der Waals surface area contributed by atoms with Gasteiger partial charge in [0, 0.05) is 11.8 Å². The minimum atomic E-state index is 0.170. The Morgan fingerprint density at radius 3 is 2.67 bits per heavy atom. The van der Waals surface area contributed by atoms with Crippen LogP contribution in [0.1, 0.15) is 13.8 Å². The third-order valence-electron chi connectivity index (χ3n) is 1.32. The summed E-state index contributed by atoms with van der Waals surface area (Å²) < 4.78 is 6.43. The topological polar surface area (TPSA) is 35.2 Å². The van der Waals surface area contributed by atoms with Crippen molar-refractivity contribution in [3.8, 4) is 5.75 Å². The average molecular weight is 230 g/mol. The van der Waals surface area contributed by atoms with Gasteiger partial charge >= 0.3 is 0 Å². The molecule has 1 rings (SSSR count). The molecule has 0 aliphatic heterocycles. The van der Waals surface area contributed by atoms with Gasteiger partial charge in [0.1, 0.15) is 5.75 Å². The van der Waals surface area contributed by atoms with Gasteiger partial charge in [-0.05, 0) is 41.9 Å². The Kier molecular flexibility index (Phi) is 2.98. The van der Waals surface area contributed by atoms with Crippen LogP contribution < -0.4 is 10.5 Å². The van der Waals surface area contributed by atoms with Crippen LogP contribution in [0.15, 0.2) is 22.7 Å². The summed E-state index contributed by atoms with van der Waals surface area (Å²) in [4.78, 5) is 0. The van der Waals surface area contributed by atoms with Gasteiger partial charge in [-0.3, -0.25) is 0 Å². The highest BCUT2D eigenvalue weighted by Gasteiger charge is 2.02. The highest BCUT2D eigenvalue weighted by atomic mass is 79.9. The van der Waals surface area contributed by atoms with Crippen LogP contribution in [0.4, 0.5) is 5.69 Å². The molecule has 0 bridgehead atoms. The molecule has 0 unspecified atom stereocenters. The van der Waals surface area contributed by atoms with E-state index in [-0.39, 0.29) is 6.10 Å². The zero-order chi connectivity index (χ0) is 9.14. The Labute approximate surface area is 80.8 Å². The van der Waals surface area contributed by atoms with E-state index < -0.39 is 0 Å². The van der Waals surface area contributed by atoms with E-state index in [2.05, 4.69) is 15.9 Å². The Balaban J connectivity index is 2.90. The van der Waals surface area contributed by atoms with E-state index in [4.69, 9.17) is 10.5 Å². The van der Waals surface area contributed by atoms with Gasteiger partial charge in [0.15, 0.2) is 0 Å². The van der Waals surface area contributed by atoms with Gasteiger partial charge in [0.25, 0.3) is 0 Å². The summed E-state index contributed by atoms with van der Waals surface area (Å²) in [6.45, 7) is 3.96. The molecule has 0 aliphatic carbocycles. The van der Waals surface area contributed by atoms with E-state index in [0.717, 1.165) is 10.2 Å². The molecular weight excluding hydrogens is 218 g/mol. The van der Waals surface area contributed by atoms with Crippen molar-refractivity contribution in [1.82, 2.24) is 0 Å². The fourth-order valence-electron chi connectivity index (χ4n) is 0.864. The van der Waals surface area contributed by atoms with Gasteiger partial charge in [0.2, 0.25) is 0 Å². The molecule has 1 aromatic carbocycles. The van der Waals surface area contributed by atoms with Crippen molar-refractivity contribution in [3.63, 3.8) is 0 Å². The molecule has 66 valence electrons. The average Bonchev–Trinajstić information content (AvgIpc) is 1.96. The van der Waals surface area contributed by atoms with Gasteiger partial charge in [-0.15, -0.1) is 0 Å².